The Morgan fingerprint density at radius 3 is 2.74 bits per heavy atom. The molecule has 0 aliphatic carbocycles. The summed E-state index contributed by atoms with van der Waals surface area (Å²) < 4.78 is 26.0. The first-order valence-electron chi connectivity index (χ1n) is 5.74. The number of fused-ring (bicyclic) bond motifs is 1. The molecule has 2 aromatic rings. The molecule has 1 aromatic heterocycles. The summed E-state index contributed by atoms with van der Waals surface area (Å²) in [6, 6.07) is 9.36. The van der Waals surface area contributed by atoms with Crippen LogP contribution in [0.2, 0.25) is 0 Å². The highest BCUT2D eigenvalue weighted by Crippen LogP contribution is 2.26. The second-order valence-corrected chi connectivity index (χ2v) is 5.86. The molecule has 0 aliphatic heterocycles. The van der Waals surface area contributed by atoms with Crippen LogP contribution in [0.5, 0.6) is 0 Å². The van der Waals surface area contributed by atoms with E-state index in [1.807, 2.05) is 24.3 Å². The van der Waals surface area contributed by atoms with Crippen molar-refractivity contribution in [3.63, 3.8) is 0 Å². The summed E-state index contributed by atoms with van der Waals surface area (Å²) in [4.78, 5) is 13.9. The Morgan fingerprint density at radius 1 is 1.37 bits per heavy atom. The summed E-state index contributed by atoms with van der Waals surface area (Å²) >= 11 is 4.52. The summed E-state index contributed by atoms with van der Waals surface area (Å²) in [5, 5.41) is 1.45. The molecule has 0 aliphatic rings. The molecule has 0 spiro atoms. The van der Waals surface area contributed by atoms with Crippen LogP contribution in [0.15, 0.2) is 30.3 Å². The smallest absolute Gasteiger partial charge is 0.264 e. The van der Waals surface area contributed by atoms with Gasteiger partial charge in [-0.05, 0) is 17.5 Å². The van der Waals surface area contributed by atoms with E-state index < -0.39 is 13.0 Å². The van der Waals surface area contributed by atoms with E-state index in [1.165, 1.54) is 16.2 Å². The quantitative estimate of drug-likeness (QED) is 0.748. The van der Waals surface area contributed by atoms with Crippen molar-refractivity contribution >= 4 is 43.3 Å². The Labute approximate surface area is 122 Å². The van der Waals surface area contributed by atoms with E-state index in [1.54, 1.807) is 6.07 Å². The highest BCUT2D eigenvalue weighted by molar-refractivity contribution is 9.09. The first-order valence-corrected chi connectivity index (χ1v) is 7.67. The van der Waals surface area contributed by atoms with Gasteiger partial charge in [-0.1, -0.05) is 34.1 Å². The SMILES string of the molecule is O=C(c1cc2ccccc2s1)N(CCBr)CC(F)F. The first kappa shape index (κ1) is 14.4. The average Bonchev–Trinajstić information content (AvgIpc) is 2.80. The molecule has 19 heavy (non-hydrogen) atoms. The van der Waals surface area contributed by atoms with Crippen LogP contribution in [0.25, 0.3) is 10.1 Å². The maximum atomic E-state index is 12.5. The van der Waals surface area contributed by atoms with Crippen molar-refractivity contribution in [2.75, 3.05) is 18.4 Å². The highest BCUT2D eigenvalue weighted by Gasteiger charge is 2.20. The number of hydrogen-bond donors (Lipinski definition) is 0. The molecule has 0 saturated carbocycles. The van der Waals surface area contributed by atoms with Crippen molar-refractivity contribution in [3.05, 3.63) is 35.2 Å². The Hall–Kier alpha value is -1.01. The third-order valence-electron chi connectivity index (χ3n) is 2.64. The number of thiophene rings is 1. The van der Waals surface area contributed by atoms with Gasteiger partial charge in [0.05, 0.1) is 11.4 Å². The van der Waals surface area contributed by atoms with Gasteiger partial charge in [-0.2, -0.15) is 0 Å². The van der Waals surface area contributed by atoms with Gasteiger partial charge >= 0.3 is 0 Å². The minimum Gasteiger partial charge on any atom is -0.331 e. The number of nitrogens with zero attached hydrogens (tertiary/aromatic N) is 1. The van der Waals surface area contributed by atoms with E-state index in [4.69, 9.17) is 0 Å². The monoisotopic (exact) mass is 347 g/mol. The van der Waals surface area contributed by atoms with Gasteiger partial charge in [0.15, 0.2) is 0 Å². The molecule has 102 valence electrons. The number of amides is 1. The molecule has 0 saturated heterocycles. The van der Waals surface area contributed by atoms with E-state index >= 15 is 0 Å². The zero-order valence-corrected chi connectivity index (χ0v) is 12.4. The summed E-state index contributed by atoms with van der Waals surface area (Å²) in [6.07, 6.45) is -2.52. The molecular weight excluding hydrogens is 336 g/mol. The number of hydrogen-bond acceptors (Lipinski definition) is 2. The lowest BCUT2D eigenvalue weighted by molar-refractivity contribution is 0.0577. The maximum Gasteiger partial charge on any atom is 0.264 e. The van der Waals surface area contributed by atoms with Gasteiger partial charge < -0.3 is 4.90 Å². The molecular formula is C13H12BrF2NOS. The first-order chi connectivity index (χ1) is 9.11. The molecule has 0 unspecified atom stereocenters. The van der Waals surface area contributed by atoms with Crippen LogP contribution in [-0.2, 0) is 0 Å². The molecule has 0 bridgehead atoms. The zero-order valence-electron chi connectivity index (χ0n) is 9.98. The number of alkyl halides is 3. The van der Waals surface area contributed by atoms with Gasteiger partial charge in [-0.3, -0.25) is 4.79 Å². The molecule has 0 atom stereocenters. The topological polar surface area (TPSA) is 20.3 Å². The predicted molar refractivity (Wildman–Crippen MR) is 77.5 cm³/mol. The molecule has 6 heteroatoms. The normalized spacial score (nSPS) is 11.2. The lowest BCUT2D eigenvalue weighted by Crippen LogP contribution is -2.36. The minimum absolute atomic E-state index is 0.275. The molecule has 2 nitrogen and oxygen atoms in total. The zero-order chi connectivity index (χ0) is 13.8. The van der Waals surface area contributed by atoms with Crippen LogP contribution in [0.1, 0.15) is 9.67 Å². The number of halogens is 3. The molecule has 0 fully saturated rings. The van der Waals surface area contributed by atoms with E-state index in [9.17, 15) is 13.6 Å². The molecule has 2 rings (SSSR count). The highest BCUT2D eigenvalue weighted by atomic mass is 79.9. The summed E-state index contributed by atoms with van der Waals surface area (Å²) in [7, 11) is 0. The van der Waals surface area contributed by atoms with Gasteiger partial charge in [0, 0.05) is 16.6 Å². The van der Waals surface area contributed by atoms with E-state index in [0.717, 1.165) is 10.1 Å². The molecule has 0 radical (unpaired) electrons. The summed E-state index contributed by atoms with van der Waals surface area (Å²) in [6.45, 7) is -0.254. The summed E-state index contributed by atoms with van der Waals surface area (Å²) in [5.41, 5.74) is 0. The van der Waals surface area contributed by atoms with Crippen molar-refractivity contribution in [3.8, 4) is 0 Å². The second-order valence-electron chi connectivity index (χ2n) is 3.98. The number of carbonyl (C=O) groups is 1. The fourth-order valence-corrected chi connectivity index (χ4v) is 3.25. The lowest BCUT2D eigenvalue weighted by Gasteiger charge is -2.20. The predicted octanol–water partition coefficient (Wildman–Crippen LogP) is 4.00. The second kappa shape index (κ2) is 6.43. The lowest BCUT2D eigenvalue weighted by atomic mass is 10.2. The van der Waals surface area contributed by atoms with Crippen LogP contribution < -0.4 is 0 Å². The van der Waals surface area contributed by atoms with Crippen molar-refractivity contribution < 1.29 is 13.6 Å². The number of rotatable bonds is 5. The van der Waals surface area contributed by atoms with Crippen molar-refractivity contribution in [1.82, 2.24) is 4.90 Å². The Morgan fingerprint density at radius 2 is 2.11 bits per heavy atom. The molecule has 1 amide bonds. The fraction of sp³-hybridized carbons (Fsp3) is 0.308. The van der Waals surface area contributed by atoms with Gasteiger partial charge in [0.25, 0.3) is 12.3 Å². The number of benzene rings is 1. The Bertz CT molecular complexity index is 540. The van der Waals surface area contributed by atoms with Gasteiger partial charge in [0.1, 0.15) is 0 Å². The third-order valence-corrected chi connectivity index (χ3v) is 4.10. The maximum absolute atomic E-state index is 12.5. The van der Waals surface area contributed by atoms with Crippen LogP contribution in [0.4, 0.5) is 8.78 Å². The molecule has 0 N–H and O–H groups in total. The van der Waals surface area contributed by atoms with Crippen molar-refractivity contribution in [2.45, 2.75) is 6.43 Å². The van der Waals surface area contributed by atoms with E-state index in [-0.39, 0.29) is 12.5 Å². The minimum atomic E-state index is -2.52. The van der Waals surface area contributed by atoms with Crippen LogP contribution >= 0.6 is 27.3 Å². The van der Waals surface area contributed by atoms with E-state index in [0.29, 0.717) is 10.2 Å². The van der Waals surface area contributed by atoms with Crippen molar-refractivity contribution in [2.24, 2.45) is 0 Å². The fourth-order valence-electron chi connectivity index (χ4n) is 1.79. The van der Waals surface area contributed by atoms with Crippen LogP contribution in [-0.4, -0.2) is 35.7 Å². The van der Waals surface area contributed by atoms with Crippen LogP contribution in [0, 0.1) is 0 Å². The standard InChI is InChI=1S/C13H12BrF2NOS/c14-5-6-17(8-12(15)16)13(18)11-7-9-3-1-2-4-10(9)19-11/h1-4,7,12H,5-6,8H2. The average molecular weight is 348 g/mol. The van der Waals surface area contributed by atoms with Gasteiger partial charge in [-0.15, -0.1) is 11.3 Å². The van der Waals surface area contributed by atoms with Gasteiger partial charge in [-0.25, -0.2) is 8.78 Å². The van der Waals surface area contributed by atoms with Gasteiger partial charge in [0.2, 0.25) is 0 Å². The Kier molecular flexibility index (Phi) is 4.87. The third kappa shape index (κ3) is 3.51. The van der Waals surface area contributed by atoms with E-state index in [2.05, 4.69) is 15.9 Å². The Balaban J connectivity index is 2.24. The largest absolute Gasteiger partial charge is 0.331 e. The summed E-state index contributed by atoms with van der Waals surface area (Å²) in [5.74, 6) is -0.332. The van der Waals surface area contributed by atoms with Crippen molar-refractivity contribution in [1.29, 1.82) is 0 Å². The number of carbonyl (C=O) groups excluding carboxylic acids is 1. The molecule has 1 aromatic carbocycles. The van der Waals surface area contributed by atoms with Crippen LogP contribution in [0.3, 0.4) is 0 Å². The molecule has 1 heterocycles.